The van der Waals surface area contributed by atoms with Crippen molar-refractivity contribution in [3.8, 4) is 11.5 Å². The number of tetrazole rings is 1. The Kier molecular flexibility index (Phi) is 4.79. The van der Waals surface area contributed by atoms with Gasteiger partial charge in [0.25, 0.3) is 5.56 Å². The molecule has 2 aromatic heterocycles. The Balaban J connectivity index is 1.45. The molecule has 0 amide bonds. The number of ether oxygens (including phenoxy) is 2. The molecular weight excluding hydrogens is 427 g/mol. The van der Waals surface area contributed by atoms with Crippen LogP contribution in [0.1, 0.15) is 35.8 Å². The van der Waals surface area contributed by atoms with E-state index >= 15 is 0 Å². The molecule has 0 unspecified atom stereocenters. The second-order valence-corrected chi connectivity index (χ2v) is 8.31. The highest BCUT2D eigenvalue weighted by atomic mass is 19.1. The van der Waals surface area contributed by atoms with Crippen LogP contribution in [0.4, 0.5) is 4.39 Å². The first-order valence-electron chi connectivity index (χ1n) is 10.9. The van der Waals surface area contributed by atoms with Gasteiger partial charge in [0, 0.05) is 17.0 Å². The van der Waals surface area contributed by atoms with Crippen molar-refractivity contribution in [1.82, 2.24) is 30.1 Å². The minimum absolute atomic E-state index is 0.164. The van der Waals surface area contributed by atoms with Crippen molar-refractivity contribution in [3.63, 3.8) is 0 Å². The number of likely N-dealkylation sites (tertiary alicyclic amines) is 1. The third-order valence-corrected chi connectivity index (χ3v) is 6.22. The number of rotatable bonds is 5. The van der Waals surface area contributed by atoms with Gasteiger partial charge in [0.05, 0.1) is 12.1 Å². The molecule has 0 saturated carbocycles. The lowest BCUT2D eigenvalue weighted by Crippen LogP contribution is -2.33. The quantitative estimate of drug-likeness (QED) is 0.501. The fraction of sp³-hybridized carbons (Fsp3) is 0.304. The van der Waals surface area contributed by atoms with Crippen molar-refractivity contribution in [2.24, 2.45) is 0 Å². The van der Waals surface area contributed by atoms with E-state index < -0.39 is 6.04 Å². The van der Waals surface area contributed by atoms with Crippen LogP contribution in [-0.2, 0) is 6.54 Å². The van der Waals surface area contributed by atoms with E-state index in [2.05, 4.69) is 25.4 Å². The largest absolute Gasteiger partial charge is 0.454 e. The standard InChI is InChI=1S/C23H21FN6O3/c24-16-5-3-14(4-6-16)12-30-22(26-27-28-30)21(29-7-1-2-8-29)17-9-15-10-19-20(33-13-32-19)11-18(15)25-23(17)31/h3-6,9-11,21H,1-2,7-8,12-13H2,(H,25,31)/t21-/m0/s1. The smallest absolute Gasteiger partial charge is 0.253 e. The van der Waals surface area contributed by atoms with Gasteiger partial charge in [-0.3, -0.25) is 9.69 Å². The summed E-state index contributed by atoms with van der Waals surface area (Å²) < 4.78 is 26.0. The highest BCUT2D eigenvalue weighted by Gasteiger charge is 2.32. The molecule has 0 spiro atoms. The second kappa shape index (κ2) is 7.96. The Labute approximate surface area is 187 Å². The lowest BCUT2D eigenvalue weighted by molar-refractivity contribution is 0.174. The number of hydrogen-bond donors (Lipinski definition) is 1. The first-order valence-corrected chi connectivity index (χ1v) is 10.9. The summed E-state index contributed by atoms with van der Waals surface area (Å²) in [6, 6.07) is 11.4. The summed E-state index contributed by atoms with van der Waals surface area (Å²) in [5.74, 6) is 1.55. The normalized spacial score (nSPS) is 16.5. The van der Waals surface area contributed by atoms with Crippen molar-refractivity contribution >= 4 is 10.9 Å². The number of benzene rings is 2. The fourth-order valence-electron chi connectivity index (χ4n) is 4.60. The van der Waals surface area contributed by atoms with Crippen LogP contribution in [0, 0.1) is 5.82 Å². The Bertz CT molecular complexity index is 1380. The maximum atomic E-state index is 13.3. The molecule has 4 aromatic rings. The van der Waals surface area contributed by atoms with E-state index in [4.69, 9.17) is 9.47 Å². The average Bonchev–Trinajstić information content (AvgIpc) is 3.58. The first kappa shape index (κ1) is 19.9. The topological polar surface area (TPSA) is 98.2 Å². The fourth-order valence-corrected chi connectivity index (χ4v) is 4.60. The molecule has 2 aliphatic heterocycles. The highest BCUT2D eigenvalue weighted by molar-refractivity contribution is 5.83. The van der Waals surface area contributed by atoms with Crippen molar-refractivity contribution in [2.75, 3.05) is 19.9 Å². The molecule has 10 heteroatoms. The zero-order chi connectivity index (χ0) is 22.4. The molecule has 9 nitrogen and oxygen atoms in total. The second-order valence-electron chi connectivity index (χ2n) is 8.31. The Morgan fingerprint density at radius 3 is 2.61 bits per heavy atom. The molecular formula is C23H21FN6O3. The Morgan fingerprint density at radius 2 is 1.82 bits per heavy atom. The summed E-state index contributed by atoms with van der Waals surface area (Å²) in [5.41, 5.74) is 1.91. The lowest BCUT2D eigenvalue weighted by atomic mass is 10.0. The predicted octanol–water partition coefficient (Wildman–Crippen LogP) is 2.62. The van der Waals surface area contributed by atoms with Gasteiger partial charge in [-0.1, -0.05) is 12.1 Å². The van der Waals surface area contributed by atoms with E-state index in [9.17, 15) is 9.18 Å². The zero-order valence-electron chi connectivity index (χ0n) is 17.7. The molecule has 2 aromatic carbocycles. The molecule has 1 N–H and O–H groups in total. The summed E-state index contributed by atoms with van der Waals surface area (Å²) in [4.78, 5) is 18.5. The van der Waals surface area contributed by atoms with Crippen LogP contribution in [0.2, 0.25) is 0 Å². The molecule has 0 aliphatic carbocycles. The predicted molar refractivity (Wildman–Crippen MR) is 117 cm³/mol. The maximum Gasteiger partial charge on any atom is 0.253 e. The number of aromatic amines is 1. The van der Waals surface area contributed by atoms with Gasteiger partial charge in [-0.05, 0) is 66.2 Å². The molecule has 1 atom stereocenters. The highest BCUT2D eigenvalue weighted by Crippen LogP contribution is 2.36. The number of H-pyrrole nitrogens is 1. The molecule has 4 heterocycles. The third-order valence-electron chi connectivity index (χ3n) is 6.22. The molecule has 0 radical (unpaired) electrons. The minimum atomic E-state index is -0.415. The summed E-state index contributed by atoms with van der Waals surface area (Å²) in [6.45, 7) is 2.22. The van der Waals surface area contributed by atoms with Gasteiger partial charge in [-0.15, -0.1) is 5.10 Å². The van der Waals surface area contributed by atoms with Crippen LogP contribution in [0.5, 0.6) is 11.5 Å². The van der Waals surface area contributed by atoms with E-state index in [0.717, 1.165) is 36.9 Å². The first-order chi connectivity index (χ1) is 16.2. The van der Waals surface area contributed by atoms with Gasteiger partial charge < -0.3 is 14.5 Å². The van der Waals surface area contributed by atoms with E-state index in [1.165, 1.54) is 12.1 Å². The van der Waals surface area contributed by atoms with Gasteiger partial charge in [0.2, 0.25) is 6.79 Å². The van der Waals surface area contributed by atoms with Crippen molar-refractivity contribution < 1.29 is 13.9 Å². The number of nitrogens with zero attached hydrogens (tertiary/aromatic N) is 5. The van der Waals surface area contributed by atoms with Crippen molar-refractivity contribution in [1.29, 1.82) is 0 Å². The monoisotopic (exact) mass is 448 g/mol. The molecule has 6 rings (SSSR count). The number of aromatic nitrogens is 5. The minimum Gasteiger partial charge on any atom is -0.454 e. The van der Waals surface area contributed by atoms with E-state index in [0.29, 0.717) is 34.9 Å². The molecule has 33 heavy (non-hydrogen) atoms. The zero-order valence-corrected chi connectivity index (χ0v) is 17.7. The van der Waals surface area contributed by atoms with E-state index in [-0.39, 0.29) is 18.2 Å². The van der Waals surface area contributed by atoms with Crippen molar-refractivity contribution in [2.45, 2.75) is 25.4 Å². The van der Waals surface area contributed by atoms with Gasteiger partial charge in [-0.2, -0.15) is 0 Å². The number of hydrogen-bond acceptors (Lipinski definition) is 7. The third kappa shape index (κ3) is 3.62. The van der Waals surface area contributed by atoms with Crippen LogP contribution < -0.4 is 15.0 Å². The number of fused-ring (bicyclic) bond motifs is 2. The number of halogens is 1. The van der Waals surface area contributed by atoms with Crippen LogP contribution in [0.15, 0.2) is 47.3 Å². The van der Waals surface area contributed by atoms with Crippen LogP contribution in [-0.4, -0.2) is 50.0 Å². The molecule has 0 bridgehead atoms. The number of nitrogens with one attached hydrogen (secondary N) is 1. The maximum absolute atomic E-state index is 13.3. The Hall–Kier alpha value is -3.79. The van der Waals surface area contributed by atoms with E-state index in [1.807, 2.05) is 12.1 Å². The Morgan fingerprint density at radius 1 is 1.06 bits per heavy atom. The molecule has 168 valence electrons. The van der Waals surface area contributed by atoms with Crippen molar-refractivity contribution in [3.05, 3.63) is 75.6 Å². The van der Waals surface area contributed by atoms with E-state index in [1.54, 1.807) is 22.9 Å². The summed E-state index contributed by atoms with van der Waals surface area (Å²) in [7, 11) is 0. The SMILES string of the molecule is O=c1[nH]c2cc3c(cc2cc1[C@@H](c1nnnn1Cc1ccc(F)cc1)N1CCCC1)OCO3. The average molecular weight is 448 g/mol. The van der Waals surface area contributed by atoms with Crippen LogP contribution in [0.3, 0.4) is 0 Å². The molecule has 1 fully saturated rings. The van der Waals surface area contributed by atoms with Crippen LogP contribution in [0.25, 0.3) is 10.9 Å². The lowest BCUT2D eigenvalue weighted by Gasteiger charge is -2.26. The van der Waals surface area contributed by atoms with Gasteiger partial charge >= 0.3 is 0 Å². The summed E-state index contributed by atoms with van der Waals surface area (Å²) in [6.07, 6.45) is 2.08. The summed E-state index contributed by atoms with van der Waals surface area (Å²) >= 11 is 0. The molecule has 2 aliphatic rings. The van der Waals surface area contributed by atoms with Gasteiger partial charge in [0.15, 0.2) is 17.3 Å². The number of pyridine rings is 1. The van der Waals surface area contributed by atoms with Gasteiger partial charge in [0.1, 0.15) is 11.9 Å². The van der Waals surface area contributed by atoms with Crippen LogP contribution >= 0.6 is 0 Å². The summed E-state index contributed by atoms with van der Waals surface area (Å²) in [5, 5.41) is 13.2. The van der Waals surface area contributed by atoms with Gasteiger partial charge in [-0.25, -0.2) is 9.07 Å². The molecule has 1 saturated heterocycles.